The Bertz CT molecular complexity index is 797. The molecule has 0 saturated heterocycles. The summed E-state index contributed by atoms with van der Waals surface area (Å²) < 4.78 is 10.5. The van der Waals surface area contributed by atoms with Gasteiger partial charge in [-0.2, -0.15) is 5.21 Å². The summed E-state index contributed by atoms with van der Waals surface area (Å²) in [5, 5.41) is 19.2. The number of carbonyl (C=O) groups excluding carboxylic acids is 1. The first-order chi connectivity index (χ1) is 11.1. The summed E-state index contributed by atoms with van der Waals surface area (Å²) >= 11 is 0. The fourth-order valence-corrected chi connectivity index (χ4v) is 2.15. The Hall–Kier alpha value is -3.23. The Morgan fingerprint density at radius 2 is 2.00 bits per heavy atom. The summed E-state index contributed by atoms with van der Waals surface area (Å²) in [7, 11) is 3.11. The van der Waals surface area contributed by atoms with Gasteiger partial charge in [0.25, 0.3) is 0 Å². The molecule has 2 aromatic rings. The number of carbonyl (C=O) groups is 1. The van der Waals surface area contributed by atoms with Crippen molar-refractivity contribution in [2.45, 2.75) is 6.92 Å². The summed E-state index contributed by atoms with van der Waals surface area (Å²) in [6.45, 7) is 1.73. The highest BCUT2D eigenvalue weighted by Crippen LogP contribution is 2.29. The predicted molar refractivity (Wildman–Crippen MR) is 81.3 cm³/mol. The average Bonchev–Trinajstić information content (AvgIpc) is 3.18. The van der Waals surface area contributed by atoms with Crippen LogP contribution in [0.4, 0.5) is 5.95 Å². The van der Waals surface area contributed by atoms with E-state index in [2.05, 4.69) is 25.7 Å². The van der Waals surface area contributed by atoms with Crippen molar-refractivity contribution in [3.8, 4) is 11.5 Å². The molecule has 0 radical (unpaired) electrons. The molecular formula is C14H13N6O3-. The molecule has 2 heterocycles. The fourth-order valence-electron chi connectivity index (χ4n) is 2.15. The van der Waals surface area contributed by atoms with Crippen molar-refractivity contribution >= 4 is 23.6 Å². The van der Waals surface area contributed by atoms with Gasteiger partial charge in [0.2, 0.25) is 5.91 Å². The van der Waals surface area contributed by atoms with Gasteiger partial charge in [-0.25, -0.2) is 15.2 Å². The number of aromatic nitrogens is 4. The van der Waals surface area contributed by atoms with E-state index in [1.165, 1.54) is 0 Å². The van der Waals surface area contributed by atoms with Crippen molar-refractivity contribution in [3.05, 3.63) is 29.3 Å². The van der Waals surface area contributed by atoms with Crippen molar-refractivity contribution in [2.24, 2.45) is 5.10 Å². The van der Waals surface area contributed by atoms with Crippen molar-refractivity contribution < 1.29 is 14.3 Å². The van der Waals surface area contributed by atoms with Crippen LogP contribution < -0.4 is 19.6 Å². The maximum atomic E-state index is 12.4. The molecule has 9 nitrogen and oxygen atoms in total. The van der Waals surface area contributed by atoms with Crippen molar-refractivity contribution in [1.29, 1.82) is 0 Å². The lowest BCUT2D eigenvalue weighted by Gasteiger charge is -2.12. The molecule has 118 valence electrons. The third-order valence-corrected chi connectivity index (χ3v) is 3.28. The van der Waals surface area contributed by atoms with Gasteiger partial charge in [0.1, 0.15) is 5.95 Å². The molecule has 1 aliphatic rings. The molecule has 1 aromatic heterocycles. The molecule has 0 bridgehead atoms. The molecule has 1 amide bonds. The SMILES string of the molecule is COc1ccc(/C=C2/C(=O)N(c3nnn[n-]3)N=C2C)cc1OC. The number of ether oxygens (including phenoxy) is 2. The highest BCUT2D eigenvalue weighted by atomic mass is 16.5. The number of rotatable bonds is 4. The van der Waals surface area contributed by atoms with Crippen LogP contribution in [0.3, 0.4) is 0 Å². The Morgan fingerprint density at radius 3 is 2.65 bits per heavy atom. The molecule has 3 rings (SSSR count). The van der Waals surface area contributed by atoms with E-state index in [0.717, 1.165) is 10.6 Å². The van der Waals surface area contributed by atoms with Crippen LogP contribution in [0.5, 0.6) is 11.5 Å². The van der Waals surface area contributed by atoms with E-state index in [0.29, 0.717) is 22.8 Å². The monoisotopic (exact) mass is 313 g/mol. The number of hydrazone groups is 1. The second kappa shape index (κ2) is 5.87. The Balaban J connectivity index is 1.94. The summed E-state index contributed by atoms with van der Waals surface area (Å²) in [5.74, 6) is 0.894. The largest absolute Gasteiger partial charge is 0.493 e. The molecule has 0 N–H and O–H groups in total. The van der Waals surface area contributed by atoms with Crippen molar-refractivity contribution in [2.75, 3.05) is 19.2 Å². The maximum absolute atomic E-state index is 12.4. The highest BCUT2D eigenvalue weighted by molar-refractivity contribution is 6.31. The van der Waals surface area contributed by atoms with E-state index in [1.807, 2.05) is 6.07 Å². The van der Waals surface area contributed by atoms with Crippen LogP contribution in [-0.2, 0) is 4.79 Å². The number of nitrogens with zero attached hydrogens (tertiary/aromatic N) is 6. The predicted octanol–water partition coefficient (Wildman–Crippen LogP) is 0.652. The number of benzene rings is 1. The molecule has 0 aliphatic carbocycles. The van der Waals surface area contributed by atoms with E-state index in [1.54, 1.807) is 39.4 Å². The molecule has 0 fully saturated rings. The van der Waals surface area contributed by atoms with E-state index in [4.69, 9.17) is 9.47 Å². The second-order valence-corrected chi connectivity index (χ2v) is 4.65. The maximum Gasteiger partial charge on any atom is 0.239 e. The van der Waals surface area contributed by atoms with Crippen LogP contribution in [-0.4, -0.2) is 41.4 Å². The topological polar surface area (TPSA) is 104 Å². The van der Waals surface area contributed by atoms with Gasteiger partial charge < -0.3 is 9.47 Å². The number of amides is 1. The molecule has 0 atom stereocenters. The average molecular weight is 313 g/mol. The van der Waals surface area contributed by atoms with Crippen LogP contribution >= 0.6 is 0 Å². The van der Waals surface area contributed by atoms with E-state index in [9.17, 15) is 4.79 Å². The molecule has 23 heavy (non-hydrogen) atoms. The van der Waals surface area contributed by atoms with Crippen LogP contribution in [0.15, 0.2) is 28.9 Å². The minimum Gasteiger partial charge on any atom is -0.493 e. The third-order valence-electron chi connectivity index (χ3n) is 3.28. The fraction of sp³-hybridized carbons (Fsp3) is 0.214. The smallest absolute Gasteiger partial charge is 0.239 e. The second-order valence-electron chi connectivity index (χ2n) is 4.65. The van der Waals surface area contributed by atoms with Crippen LogP contribution in [0.1, 0.15) is 12.5 Å². The van der Waals surface area contributed by atoms with E-state index in [-0.39, 0.29) is 11.9 Å². The minimum absolute atomic E-state index is 0.0464. The van der Waals surface area contributed by atoms with Gasteiger partial charge in [-0.3, -0.25) is 9.89 Å². The van der Waals surface area contributed by atoms with Gasteiger partial charge in [0, 0.05) is 0 Å². The van der Waals surface area contributed by atoms with Gasteiger partial charge in [-0.15, -0.1) is 5.21 Å². The third kappa shape index (κ3) is 2.63. The summed E-state index contributed by atoms with van der Waals surface area (Å²) in [5.41, 5.74) is 1.76. The highest BCUT2D eigenvalue weighted by Gasteiger charge is 2.26. The Morgan fingerprint density at radius 1 is 1.22 bits per heavy atom. The van der Waals surface area contributed by atoms with Crippen molar-refractivity contribution in [1.82, 2.24) is 20.6 Å². The number of hydrogen-bond acceptors (Lipinski definition) is 7. The van der Waals surface area contributed by atoms with Crippen molar-refractivity contribution in [3.63, 3.8) is 0 Å². The van der Waals surface area contributed by atoms with E-state index >= 15 is 0 Å². The molecule has 1 aromatic carbocycles. The first-order valence-electron chi connectivity index (χ1n) is 6.66. The lowest BCUT2D eigenvalue weighted by molar-refractivity contribution is -0.114. The number of tetrazole rings is 1. The van der Waals surface area contributed by atoms with E-state index < -0.39 is 0 Å². The van der Waals surface area contributed by atoms with Gasteiger partial charge in [0.05, 0.1) is 25.5 Å². The summed E-state index contributed by atoms with van der Waals surface area (Å²) in [4.78, 5) is 12.4. The normalized spacial score (nSPS) is 16.0. The zero-order valence-corrected chi connectivity index (χ0v) is 12.7. The Kier molecular flexibility index (Phi) is 3.75. The van der Waals surface area contributed by atoms with Gasteiger partial charge in [-0.1, -0.05) is 6.07 Å². The van der Waals surface area contributed by atoms with Crippen LogP contribution in [0.2, 0.25) is 0 Å². The molecule has 1 aliphatic heterocycles. The number of hydrogen-bond donors (Lipinski definition) is 0. The van der Waals surface area contributed by atoms with Gasteiger partial charge in [-0.05, 0) is 30.7 Å². The molecule has 9 heteroatoms. The summed E-state index contributed by atoms with van der Waals surface area (Å²) in [6, 6.07) is 5.36. The molecule has 0 spiro atoms. The molecular weight excluding hydrogens is 300 g/mol. The molecule has 0 unspecified atom stereocenters. The quantitative estimate of drug-likeness (QED) is 0.763. The van der Waals surface area contributed by atoms with Crippen LogP contribution in [0, 0.1) is 0 Å². The first kappa shape index (κ1) is 14.7. The van der Waals surface area contributed by atoms with Gasteiger partial charge in [0.15, 0.2) is 11.5 Å². The standard InChI is InChI=1S/C14H13N6O3/c1-8-10(13(21)20(17-8)14-15-18-19-16-14)6-9-4-5-11(22-2)12(7-9)23-3/h4-7H,1-3H3/q-1/b10-6+. The first-order valence-corrected chi connectivity index (χ1v) is 6.66. The summed E-state index contributed by atoms with van der Waals surface area (Å²) in [6.07, 6.45) is 1.72. The molecule has 0 saturated carbocycles. The van der Waals surface area contributed by atoms with Gasteiger partial charge >= 0.3 is 0 Å². The number of methoxy groups -OCH3 is 2. The lowest BCUT2D eigenvalue weighted by atomic mass is 10.1. The zero-order valence-electron chi connectivity index (χ0n) is 12.7. The Labute approximate surface area is 131 Å². The minimum atomic E-state index is -0.341. The number of anilines is 1. The zero-order chi connectivity index (χ0) is 16.4. The van der Waals surface area contributed by atoms with Crippen LogP contribution in [0.25, 0.3) is 6.08 Å². The lowest BCUT2D eigenvalue weighted by Crippen LogP contribution is -2.22.